The minimum absolute atomic E-state index is 0.0319. The monoisotopic (exact) mass is 591 g/mol. The zero-order chi connectivity index (χ0) is 32.7. The van der Waals surface area contributed by atoms with Gasteiger partial charge in [0.15, 0.2) is 0 Å². The summed E-state index contributed by atoms with van der Waals surface area (Å²) in [6, 6.07) is 11.8. The fourth-order valence-corrected chi connectivity index (χ4v) is 6.70. The normalized spacial score (nSPS) is 16.9. The lowest BCUT2D eigenvalue weighted by atomic mass is 9.62. The third kappa shape index (κ3) is 7.77. The van der Waals surface area contributed by atoms with Crippen LogP contribution in [0.15, 0.2) is 85.6 Å². The van der Waals surface area contributed by atoms with Gasteiger partial charge in [0.1, 0.15) is 0 Å². The highest BCUT2D eigenvalue weighted by atomic mass is 15.2. The van der Waals surface area contributed by atoms with Crippen LogP contribution in [0.3, 0.4) is 0 Å². The molecule has 0 radical (unpaired) electrons. The molecular weight excluding hydrogens is 530 g/mol. The van der Waals surface area contributed by atoms with E-state index in [1.807, 2.05) is 6.08 Å². The fraction of sp³-hybridized carbons (Fsp3) is 0.488. The molecule has 2 aromatic rings. The van der Waals surface area contributed by atoms with Gasteiger partial charge in [-0.3, -0.25) is 0 Å². The molecule has 0 spiro atoms. The highest BCUT2D eigenvalue weighted by Crippen LogP contribution is 2.48. The average molecular weight is 592 g/mol. The van der Waals surface area contributed by atoms with E-state index >= 15 is 0 Å². The molecule has 1 heteroatoms. The summed E-state index contributed by atoms with van der Waals surface area (Å²) in [5, 5.41) is 0. The van der Waals surface area contributed by atoms with Crippen molar-refractivity contribution in [3.63, 3.8) is 0 Å². The largest absolute Gasteiger partial charge is 0.310 e. The van der Waals surface area contributed by atoms with Crippen molar-refractivity contribution in [1.29, 1.82) is 0 Å². The van der Waals surface area contributed by atoms with Crippen molar-refractivity contribution in [2.24, 2.45) is 10.8 Å². The lowest BCUT2D eigenvalue weighted by Crippen LogP contribution is -2.33. The number of hydrogen-bond acceptors (Lipinski definition) is 1. The van der Waals surface area contributed by atoms with Crippen molar-refractivity contribution >= 4 is 16.9 Å². The van der Waals surface area contributed by atoms with E-state index in [0.717, 1.165) is 24.8 Å². The molecule has 1 unspecified atom stereocenters. The van der Waals surface area contributed by atoms with Gasteiger partial charge in [-0.15, -0.1) is 0 Å². The molecule has 1 aliphatic rings. The smallest absolute Gasteiger partial charge is 0.0520 e. The third-order valence-electron chi connectivity index (χ3n) is 10.5. The lowest BCUT2D eigenvalue weighted by Gasteiger charge is -2.42. The van der Waals surface area contributed by atoms with Crippen molar-refractivity contribution in [1.82, 2.24) is 0 Å². The van der Waals surface area contributed by atoms with Crippen LogP contribution >= 0.6 is 0 Å². The maximum Gasteiger partial charge on any atom is 0.0520 e. The quantitative estimate of drug-likeness (QED) is 0.156. The SMILES string of the molecule is C=CC(=C)c1ccc(N(C2=CC=CC(C)(C(C)(CC)CC)C=C2)c2c(C)cc(C(C)(C)C)cc2C)cc1CCCCCCC. The molecule has 1 atom stereocenters. The van der Waals surface area contributed by atoms with E-state index < -0.39 is 0 Å². The van der Waals surface area contributed by atoms with Crippen LogP contribution in [0.4, 0.5) is 11.4 Å². The summed E-state index contributed by atoms with van der Waals surface area (Å²) in [6.45, 7) is 31.6. The number of benzene rings is 2. The molecular formula is C43H61N. The predicted molar refractivity (Wildman–Crippen MR) is 198 cm³/mol. The van der Waals surface area contributed by atoms with Gasteiger partial charge in [-0.25, -0.2) is 0 Å². The molecule has 0 N–H and O–H groups in total. The molecule has 1 aliphatic carbocycles. The van der Waals surface area contributed by atoms with Crippen LogP contribution in [-0.2, 0) is 11.8 Å². The number of hydrogen-bond donors (Lipinski definition) is 0. The molecule has 1 nitrogen and oxygen atoms in total. The summed E-state index contributed by atoms with van der Waals surface area (Å²) in [7, 11) is 0. The van der Waals surface area contributed by atoms with Gasteiger partial charge in [-0.1, -0.05) is 137 Å². The zero-order valence-corrected chi connectivity index (χ0v) is 29.9. The van der Waals surface area contributed by atoms with Crippen molar-refractivity contribution < 1.29 is 0 Å². The Kier molecular flexibility index (Phi) is 11.9. The first kappa shape index (κ1) is 35.4. The molecule has 0 heterocycles. The second-order valence-corrected chi connectivity index (χ2v) is 14.6. The zero-order valence-electron chi connectivity index (χ0n) is 29.9. The molecule has 0 saturated heterocycles. The first-order chi connectivity index (χ1) is 20.7. The Bertz CT molecular complexity index is 1380. The van der Waals surface area contributed by atoms with E-state index in [1.165, 1.54) is 77.0 Å². The molecule has 2 aromatic carbocycles. The predicted octanol–water partition coefficient (Wildman–Crippen LogP) is 13.3. The van der Waals surface area contributed by atoms with Gasteiger partial charge in [0.05, 0.1) is 5.69 Å². The van der Waals surface area contributed by atoms with Crippen molar-refractivity contribution in [3.8, 4) is 0 Å². The van der Waals surface area contributed by atoms with E-state index in [0.29, 0.717) is 0 Å². The number of rotatable bonds is 14. The van der Waals surface area contributed by atoms with E-state index in [2.05, 4.69) is 148 Å². The molecule has 44 heavy (non-hydrogen) atoms. The molecule has 0 amide bonds. The van der Waals surface area contributed by atoms with E-state index in [4.69, 9.17) is 0 Å². The van der Waals surface area contributed by atoms with Gasteiger partial charge >= 0.3 is 0 Å². The highest BCUT2D eigenvalue weighted by Gasteiger charge is 2.38. The van der Waals surface area contributed by atoms with Crippen molar-refractivity contribution in [3.05, 3.63) is 113 Å². The van der Waals surface area contributed by atoms with Crippen LogP contribution in [0, 0.1) is 24.7 Å². The Morgan fingerprint density at radius 3 is 2.09 bits per heavy atom. The average Bonchev–Trinajstić information content (AvgIpc) is 3.19. The Morgan fingerprint density at radius 1 is 0.886 bits per heavy atom. The second-order valence-electron chi connectivity index (χ2n) is 14.6. The second kappa shape index (κ2) is 14.8. The highest BCUT2D eigenvalue weighted by molar-refractivity contribution is 5.80. The Morgan fingerprint density at radius 2 is 1.52 bits per heavy atom. The topological polar surface area (TPSA) is 3.24 Å². The van der Waals surface area contributed by atoms with E-state index in [1.54, 1.807) is 0 Å². The maximum absolute atomic E-state index is 4.35. The van der Waals surface area contributed by atoms with Gasteiger partial charge < -0.3 is 4.90 Å². The van der Waals surface area contributed by atoms with Crippen LogP contribution < -0.4 is 4.90 Å². The number of allylic oxidation sites excluding steroid dienone is 7. The van der Waals surface area contributed by atoms with Gasteiger partial charge in [0, 0.05) is 16.8 Å². The molecule has 0 saturated carbocycles. The standard InChI is InChI=1S/C43H61N/c1-13-17-18-19-20-22-35-31-38(24-25-39(35)32(5)14-2)44(40-33(6)29-36(30-34(40)7)41(8,9)10)37-23-21-27-43(12,28-26-37)42(11,15-3)16-4/h14,21,23-31H,2,5,13,15-20,22H2,1,3-4,6-12H3. The summed E-state index contributed by atoms with van der Waals surface area (Å²) in [4.78, 5) is 2.50. The number of aryl methyl sites for hydroxylation is 3. The van der Waals surface area contributed by atoms with Crippen LogP contribution in [-0.4, -0.2) is 0 Å². The van der Waals surface area contributed by atoms with Crippen LogP contribution in [0.1, 0.15) is 128 Å². The molecule has 3 rings (SSSR count). The number of nitrogens with zero attached hydrogens (tertiary/aromatic N) is 1. The van der Waals surface area contributed by atoms with Crippen LogP contribution in [0.5, 0.6) is 0 Å². The number of unbranched alkanes of at least 4 members (excludes halogenated alkanes) is 4. The van der Waals surface area contributed by atoms with Gasteiger partial charge in [-0.05, 0) is 108 Å². The number of anilines is 2. The minimum atomic E-state index is -0.0319. The lowest BCUT2D eigenvalue weighted by molar-refractivity contribution is 0.155. The van der Waals surface area contributed by atoms with Crippen molar-refractivity contribution in [2.75, 3.05) is 4.90 Å². The molecule has 0 bridgehead atoms. The minimum Gasteiger partial charge on any atom is -0.310 e. The Labute approximate surface area is 271 Å². The van der Waals surface area contributed by atoms with Gasteiger partial charge in [-0.2, -0.15) is 0 Å². The first-order valence-corrected chi connectivity index (χ1v) is 17.2. The van der Waals surface area contributed by atoms with Gasteiger partial charge in [0.25, 0.3) is 0 Å². The maximum atomic E-state index is 4.35. The van der Waals surface area contributed by atoms with Crippen LogP contribution in [0.2, 0.25) is 0 Å². The third-order valence-corrected chi connectivity index (χ3v) is 10.5. The first-order valence-electron chi connectivity index (χ1n) is 17.2. The molecule has 238 valence electrons. The molecule has 0 aromatic heterocycles. The van der Waals surface area contributed by atoms with Crippen LogP contribution in [0.25, 0.3) is 5.57 Å². The molecule has 0 fully saturated rings. The van der Waals surface area contributed by atoms with E-state index in [9.17, 15) is 0 Å². The van der Waals surface area contributed by atoms with Gasteiger partial charge in [0.2, 0.25) is 0 Å². The summed E-state index contributed by atoms with van der Waals surface area (Å²) < 4.78 is 0. The van der Waals surface area contributed by atoms with E-state index in [-0.39, 0.29) is 16.2 Å². The fourth-order valence-electron chi connectivity index (χ4n) is 6.70. The van der Waals surface area contributed by atoms with Crippen molar-refractivity contribution in [2.45, 2.75) is 126 Å². The summed E-state index contributed by atoms with van der Waals surface area (Å²) in [6.07, 6.45) is 23.4. The summed E-state index contributed by atoms with van der Waals surface area (Å²) in [5.41, 5.74) is 11.5. The summed E-state index contributed by atoms with van der Waals surface area (Å²) >= 11 is 0. The Balaban J connectivity index is 2.23. The summed E-state index contributed by atoms with van der Waals surface area (Å²) in [5.74, 6) is 0. The Hall–Kier alpha value is -3.06. The molecule has 0 aliphatic heterocycles.